The lowest BCUT2D eigenvalue weighted by molar-refractivity contribution is 0.858. The van der Waals surface area contributed by atoms with Gasteiger partial charge in [-0.15, -0.1) is 21.8 Å². The van der Waals surface area contributed by atoms with Crippen LogP contribution in [0.3, 0.4) is 0 Å². The van der Waals surface area contributed by atoms with E-state index >= 15 is 0 Å². The molecule has 0 fully saturated rings. The molecular formula is C12H14ClN3S. The molecule has 1 aromatic carbocycles. The second-order valence-corrected chi connectivity index (χ2v) is 5.68. The average molecular weight is 268 g/mol. The van der Waals surface area contributed by atoms with Crippen molar-refractivity contribution in [3.05, 3.63) is 36.2 Å². The number of nitrogens with zero attached hydrogens (tertiary/aromatic N) is 3. The molecule has 0 amide bonds. The first-order valence-corrected chi connectivity index (χ1v) is 6.86. The molecular weight excluding hydrogens is 254 g/mol. The molecule has 5 heteroatoms. The molecule has 3 nitrogen and oxygen atoms in total. The van der Waals surface area contributed by atoms with Crippen molar-refractivity contribution in [1.29, 1.82) is 0 Å². The standard InChI is InChI=1S/C12H14ClN3S/c1-9(2)17-12-15-14-11(8-13)16(12)10-6-4-3-5-7-10/h3-7,9H,8H2,1-2H3. The Balaban J connectivity index is 2.46. The van der Waals surface area contributed by atoms with Crippen LogP contribution in [0.1, 0.15) is 19.7 Å². The van der Waals surface area contributed by atoms with Crippen molar-refractivity contribution in [2.75, 3.05) is 0 Å². The van der Waals surface area contributed by atoms with Gasteiger partial charge in [-0.1, -0.05) is 43.8 Å². The van der Waals surface area contributed by atoms with Gasteiger partial charge in [-0.25, -0.2) is 0 Å². The van der Waals surface area contributed by atoms with Gasteiger partial charge in [-0.2, -0.15) is 0 Å². The Labute approximate surface area is 110 Å². The molecule has 0 aliphatic carbocycles. The van der Waals surface area contributed by atoms with Crippen LogP contribution in [0.2, 0.25) is 0 Å². The largest absolute Gasteiger partial charge is 0.273 e. The maximum Gasteiger partial charge on any atom is 0.196 e. The number of alkyl halides is 1. The Kier molecular flexibility index (Phi) is 4.07. The fourth-order valence-corrected chi connectivity index (χ4v) is 2.51. The number of aromatic nitrogens is 3. The Morgan fingerprint density at radius 1 is 1.24 bits per heavy atom. The second kappa shape index (κ2) is 5.56. The maximum atomic E-state index is 5.90. The summed E-state index contributed by atoms with van der Waals surface area (Å²) in [4.78, 5) is 0. The van der Waals surface area contributed by atoms with E-state index in [1.807, 2.05) is 34.9 Å². The maximum absolute atomic E-state index is 5.90. The topological polar surface area (TPSA) is 30.7 Å². The summed E-state index contributed by atoms with van der Waals surface area (Å²) < 4.78 is 2.01. The number of halogens is 1. The van der Waals surface area contributed by atoms with Crippen molar-refractivity contribution in [2.24, 2.45) is 0 Å². The van der Waals surface area contributed by atoms with Crippen molar-refractivity contribution in [2.45, 2.75) is 30.1 Å². The van der Waals surface area contributed by atoms with Gasteiger partial charge in [0.25, 0.3) is 0 Å². The molecule has 0 N–H and O–H groups in total. The molecule has 1 aromatic heterocycles. The number of hydrogen-bond donors (Lipinski definition) is 0. The van der Waals surface area contributed by atoms with E-state index in [2.05, 4.69) is 24.0 Å². The number of benzene rings is 1. The third-order valence-corrected chi connectivity index (χ3v) is 3.36. The molecule has 2 aromatic rings. The van der Waals surface area contributed by atoms with Gasteiger partial charge in [0, 0.05) is 10.9 Å². The van der Waals surface area contributed by atoms with Crippen molar-refractivity contribution < 1.29 is 0 Å². The minimum absolute atomic E-state index is 0.362. The molecule has 0 unspecified atom stereocenters. The monoisotopic (exact) mass is 267 g/mol. The molecule has 0 aliphatic rings. The zero-order valence-electron chi connectivity index (χ0n) is 9.80. The second-order valence-electron chi connectivity index (χ2n) is 3.87. The van der Waals surface area contributed by atoms with Crippen LogP contribution in [-0.4, -0.2) is 20.0 Å². The Morgan fingerprint density at radius 3 is 2.53 bits per heavy atom. The highest BCUT2D eigenvalue weighted by molar-refractivity contribution is 7.99. The molecule has 90 valence electrons. The summed E-state index contributed by atoms with van der Waals surface area (Å²) in [6.07, 6.45) is 0. The van der Waals surface area contributed by atoms with Crippen LogP contribution in [0, 0.1) is 0 Å². The van der Waals surface area contributed by atoms with Gasteiger partial charge in [-0.3, -0.25) is 4.57 Å². The summed E-state index contributed by atoms with van der Waals surface area (Å²) >= 11 is 7.59. The van der Waals surface area contributed by atoms with Gasteiger partial charge in [-0.05, 0) is 12.1 Å². The number of para-hydroxylation sites is 1. The molecule has 0 bridgehead atoms. The van der Waals surface area contributed by atoms with Crippen LogP contribution >= 0.6 is 23.4 Å². The predicted molar refractivity (Wildman–Crippen MR) is 71.9 cm³/mol. The zero-order chi connectivity index (χ0) is 12.3. The molecule has 0 atom stereocenters. The van der Waals surface area contributed by atoms with Crippen molar-refractivity contribution in [3.63, 3.8) is 0 Å². The summed E-state index contributed by atoms with van der Waals surface area (Å²) in [6.45, 7) is 4.27. The van der Waals surface area contributed by atoms with Gasteiger partial charge in [0.2, 0.25) is 0 Å². The highest BCUT2D eigenvalue weighted by Crippen LogP contribution is 2.25. The molecule has 0 radical (unpaired) electrons. The van der Waals surface area contributed by atoms with Crippen molar-refractivity contribution in [3.8, 4) is 5.69 Å². The lowest BCUT2D eigenvalue weighted by Crippen LogP contribution is -2.02. The Hall–Kier alpha value is -1.00. The first-order chi connectivity index (χ1) is 8.22. The highest BCUT2D eigenvalue weighted by Gasteiger charge is 2.14. The van der Waals surface area contributed by atoms with Crippen LogP contribution in [-0.2, 0) is 5.88 Å². The minimum Gasteiger partial charge on any atom is -0.273 e. The van der Waals surface area contributed by atoms with E-state index in [-0.39, 0.29) is 0 Å². The van der Waals surface area contributed by atoms with E-state index in [0.717, 1.165) is 16.7 Å². The number of hydrogen-bond acceptors (Lipinski definition) is 3. The summed E-state index contributed by atoms with van der Waals surface area (Å²) in [6, 6.07) is 10.0. The SMILES string of the molecule is CC(C)Sc1nnc(CCl)n1-c1ccccc1. The van der Waals surface area contributed by atoms with Gasteiger partial charge in [0.1, 0.15) is 0 Å². The first kappa shape index (κ1) is 12.5. The number of rotatable bonds is 4. The lowest BCUT2D eigenvalue weighted by atomic mass is 10.3. The van der Waals surface area contributed by atoms with Crippen LogP contribution < -0.4 is 0 Å². The Bertz CT molecular complexity index is 482. The first-order valence-electron chi connectivity index (χ1n) is 5.44. The van der Waals surface area contributed by atoms with Crippen LogP contribution in [0.25, 0.3) is 5.69 Å². The molecule has 17 heavy (non-hydrogen) atoms. The fraction of sp³-hybridized carbons (Fsp3) is 0.333. The van der Waals surface area contributed by atoms with Crippen molar-refractivity contribution in [1.82, 2.24) is 14.8 Å². The fourth-order valence-electron chi connectivity index (χ4n) is 1.51. The highest BCUT2D eigenvalue weighted by atomic mass is 35.5. The summed E-state index contributed by atoms with van der Waals surface area (Å²) in [7, 11) is 0. The summed E-state index contributed by atoms with van der Waals surface area (Å²) in [5.41, 5.74) is 1.05. The zero-order valence-corrected chi connectivity index (χ0v) is 11.4. The van der Waals surface area contributed by atoms with E-state index in [1.165, 1.54) is 0 Å². The van der Waals surface area contributed by atoms with E-state index in [1.54, 1.807) is 11.8 Å². The minimum atomic E-state index is 0.362. The van der Waals surface area contributed by atoms with E-state index in [9.17, 15) is 0 Å². The van der Waals surface area contributed by atoms with Gasteiger partial charge >= 0.3 is 0 Å². The summed E-state index contributed by atoms with van der Waals surface area (Å²) in [5, 5.41) is 9.67. The van der Waals surface area contributed by atoms with Crippen LogP contribution in [0.15, 0.2) is 35.5 Å². The molecule has 0 aliphatic heterocycles. The molecule has 1 heterocycles. The molecule has 0 saturated heterocycles. The Morgan fingerprint density at radius 2 is 1.94 bits per heavy atom. The quantitative estimate of drug-likeness (QED) is 0.627. The van der Waals surface area contributed by atoms with Crippen LogP contribution in [0.5, 0.6) is 0 Å². The van der Waals surface area contributed by atoms with E-state index < -0.39 is 0 Å². The van der Waals surface area contributed by atoms with Gasteiger partial charge in [0.05, 0.1) is 5.88 Å². The average Bonchev–Trinajstić information content (AvgIpc) is 2.72. The third kappa shape index (κ3) is 2.82. The smallest absolute Gasteiger partial charge is 0.196 e. The molecule has 0 spiro atoms. The normalized spacial score (nSPS) is 11.1. The lowest BCUT2D eigenvalue weighted by Gasteiger charge is -2.09. The van der Waals surface area contributed by atoms with Crippen molar-refractivity contribution >= 4 is 23.4 Å². The molecule has 0 saturated carbocycles. The van der Waals surface area contributed by atoms with E-state index in [4.69, 9.17) is 11.6 Å². The molecule has 2 rings (SSSR count). The van der Waals surface area contributed by atoms with E-state index in [0.29, 0.717) is 11.1 Å². The van der Waals surface area contributed by atoms with Gasteiger partial charge in [0.15, 0.2) is 11.0 Å². The third-order valence-electron chi connectivity index (χ3n) is 2.18. The summed E-state index contributed by atoms with van der Waals surface area (Å²) in [5.74, 6) is 1.14. The number of thioether (sulfide) groups is 1. The predicted octanol–water partition coefficient (Wildman–Crippen LogP) is 3.51. The van der Waals surface area contributed by atoms with Gasteiger partial charge < -0.3 is 0 Å². The van der Waals surface area contributed by atoms with Crippen LogP contribution in [0.4, 0.5) is 0 Å².